The maximum absolute atomic E-state index is 10.5. The van der Waals surface area contributed by atoms with Crippen LogP contribution in [0.5, 0.6) is 0 Å². The molecule has 0 rings (SSSR count). The number of hydrogen-bond acceptors (Lipinski definition) is 6. The molecule has 6 nitrogen and oxygen atoms in total. The van der Waals surface area contributed by atoms with Crippen LogP contribution in [0.15, 0.2) is 0 Å². The van der Waals surface area contributed by atoms with Gasteiger partial charge in [-0.05, 0) is 0 Å². The van der Waals surface area contributed by atoms with Crippen molar-refractivity contribution in [1.29, 1.82) is 0 Å². The quantitative estimate of drug-likeness (QED) is 0.280. The molecule has 2 unspecified atom stereocenters. The summed E-state index contributed by atoms with van der Waals surface area (Å²) in [6.45, 7) is 0. The fraction of sp³-hybridized carbons (Fsp3) is 0.600. The highest BCUT2D eigenvalue weighted by molar-refractivity contribution is 7.49. The SMILES string of the molecule is O=C(OO)C(O)CC=[P+]([O-])CO. The standard InChI is InChI=1S/C5H9O6P/c6-3-12(10)2-1-4(7)5(8)11-9/h2,4,6-7,9H,1,3H2. The average Bonchev–Trinajstić information content (AvgIpc) is 2.11. The largest absolute Gasteiger partial charge is 0.629 e. The summed E-state index contributed by atoms with van der Waals surface area (Å²) in [6, 6.07) is 0. The third kappa shape index (κ3) is 4.38. The molecule has 0 saturated heterocycles. The van der Waals surface area contributed by atoms with Gasteiger partial charge in [-0.25, -0.2) is 4.79 Å². The molecule has 0 aliphatic carbocycles. The lowest BCUT2D eigenvalue weighted by molar-refractivity contribution is -0.242. The van der Waals surface area contributed by atoms with Crippen molar-refractivity contribution in [2.45, 2.75) is 12.5 Å². The Morgan fingerprint density at radius 3 is 2.75 bits per heavy atom. The maximum atomic E-state index is 10.5. The second-order valence-corrected chi connectivity index (χ2v) is 3.39. The monoisotopic (exact) mass is 196 g/mol. The van der Waals surface area contributed by atoms with E-state index in [0.29, 0.717) is 0 Å². The van der Waals surface area contributed by atoms with Gasteiger partial charge in [-0.15, -0.1) is 0 Å². The molecule has 0 aromatic heterocycles. The molecule has 2 atom stereocenters. The molecule has 0 fully saturated rings. The van der Waals surface area contributed by atoms with Gasteiger partial charge < -0.3 is 15.1 Å². The van der Waals surface area contributed by atoms with Gasteiger partial charge in [0, 0.05) is 6.42 Å². The fourth-order valence-corrected chi connectivity index (χ4v) is 0.983. The first-order valence-electron chi connectivity index (χ1n) is 3.03. The van der Waals surface area contributed by atoms with Crippen LogP contribution >= 0.6 is 7.77 Å². The summed E-state index contributed by atoms with van der Waals surface area (Å²) < 4.78 is 0. The highest BCUT2D eigenvalue weighted by Crippen LogP contribution is 2.07. The lowest BCUT2D eigenvalue weighted by Gasteiger charge is -2.01. The Labute approximate surface area is 69.4 Å². The predicted molar refractivity (Wildman–Crippen MR) is 39.4 cm³/mol. The van der Waals surface area contributed by atoms with E-state index < -0.39 is 26.2 Å². The molecule has 0 bridgehead atoms. The summed E-state index contributed by atoms with van der Waals surface area (Å²) in [4.78, 5) is 24.1. The zero-order chi connectivity index (χ0) is 9.56. The maximum Gasteiger partial charge on any atom is 0.370 e. The van der Waals surface area contributed by atoms with Gasteiger partial charge in [-0.3, -0.25) is 4.89 Å². The smallest absolute Gasteiger partial charge is 0.370 e. The fourth-order valence-electron chi connectivity index (χ4n) is 0.432. The molecule has 0 spiro atoms. The highest BCUT2D eigenvalue weighted by Gasteiger charge is 2.16. The van der Waals surface area contributed by atoms with Crippen molar-refractivity contribution in [3.05, 3.63) is 0 Å². The van der Waals surface area contributed by atoms with Crippen LogP contribution < -0.4 is 4.89 Å². The number of hydrogen-bond donors (Lipinski definition) is 3. The predicted octanol–water partition coefficient (Wildman–Crippen LogP) is -1.74. The Hall–Kier alpha value is -0.520. The Balaban J connectivity index is 3.85. The molecule has 12 heavy (non-hydrogen) atoms. The van der Waals surface area contributed by atoms with Crippen LogP contribution in [-0.4, -0.2) is 39.7 Å². The Morgan fingerprint density at radius 2 is 2.33 bits per heavy atom. The van der Waals surface area contributed by atoms with E-state index in [2.05, 4.69) is 4.89 Å². The number of carbonyl (C=O) groups excluding carboxylic acids is 1. The van der Waals surface area contributed by atoms with E-state index in [1.165, 1.54) is 0 Å². The van der Waals surface area contributed by atoms with Gasteiger partial charge in [0.05, 0.1) is 13.6 Å². The van der Waals surface area contributed by atoms with Crippen molar-refractivity contribution < 1.29 is 30.0 Å². The van der Waals surface area contributed by atoms with Gasteiger partial charge >= 0.3 is 5.97 Å². The zero-order valence-corrected chi connectivity index (χ0v) is 6.98. The molecule has 0 aliphatic heterocycles. The molecular weight excluding hydrogens is 187 g/mol. The van der Waals surface area contributed by atoms with Gasteiger partial charge in [-0.1, -0.05) is 0 Å². The summed E-state index contributed by atoms with van der Waals surface area (Å²) in [5.74, 6) is -0.135. The molecule has 0 aliphatic rings. The molecule has 70 valence electrons. The lowest BCUT2D eigenvalue weighted by atomic mass is 10.3. The van der Waals surface area contributed by atoms with Crippen LogP contribution in [0.1, 0.15) is 6.42 Å². The van der Waals surface area contributed by atoms with E-state index in [9.17, 15) is 9.69 Å². The highest BCUT2D eigenvalue weighted by atomic mass is 31.1. The third-order valence-electron chi connectivity index (χ3n) is 1.03. The van der Waals surface area contributed by atoms with E-state index in [-0.39, 0.29) is 6.42 Å². The minimum Gasteiger partial charge on any atom is -0.629 e. The Kier molecular flexibility index (Phi) is 5.79. The number of rotatable bonds is 4. The van der Waals surface area contributed by atoms with Crippen LogP contribution in [0, 0.1) is 0 Å². The summed E-state index contributed by atoms with van der Waals surface area (Å²) in [7, 11) is -1.91. The Bertz CT molecular complexity index is 179. The molecule has 0 aromatic carbocycles. The second-order valence-electron chi connectivity index (χ2n) is 1.90. The Morgan fingerprint density at radius 1 is 1.75 bits per heavy atom. The van der Waals surface area contributed by atoms with Crippen LogP contribution in [0.3, 0.4) is 0 Å². The molecule has 0 amide bonds. The molecule has 0 saturated carbocycles. The molecule has 0 radical (unpaired) electrons. The molecule has 7 heteroatoms. The van der Waals surface area contributed by atoms with Gasteiger partial charge in [0.15, 0.2) is 12.5 Å². The van der Waals surface area contributed by atoms with Crippen LogP contribution in [0.2, 0.25) is 0 Å². The van der Waals surface area contributed by atoms with E-state index in [0.717, 1.165) is 5.80 Å². The molecule has 0 heterocycles. The normalized spacial score (nSPS) is 14.2. The average molecular weight is 196 g/mol. The molecule has 3 N–H and O–H groups in total. The summed E-state index contributed by atoms with van der Waals surface area (Å²) in [5, 5.41) is 24.8. The minimum atomic E-state index is -1.91. The van der Waals surface area contributed by atoms with Crippen molar-refractivity contribution >= 4 is 19.5 Å². The van der Waals surface area contributed by atoms with Gasteiger partial charge in [0.25, 0.3) is 0 Å². The molecule has 0 aromatic rings. The van der Waals surface area contributed by atoms with E-state index in [1.54, 1.807) is 0 Å². The van der Waals surface area contributed by atoms with Crippen molar-refractivity contribution in [3.8, 4) is 0 Å². The van der Waals surface area contributed by atoms with Crippen molar-refractivity contribution in [1.82, 2.24) is 0 Å². The summed E-state index contributed by atoms with van der Waals surface area (Å²) >= 11 is 0. The number of aliphatic hydroxyl groups excluding tert-OH is 2. The van der Waals surface area contributed by atoms with Crippen molar-refractivity contribution in [2.24, 2.45) is 0 Å². The second kappa shape index (κ2) is 6.05. The zero-order valence-electron chi connectivity index (χ0n) is 6.08. The van der Waals surface area contributed by atoms with Crippen LogP contribution in [-0.2, 0) is 9.68 Å². The topological polar surface area (TPSA) is 110 Å². The lowest BCUT2D eigenvalue weighted by Crippen LogP contribution is -2.22. The van der Waals surface area contributed by atoms with E-state index in [1.807, 2.05) is 0 Å². The van der Waals surface area contributed by atoms with Crippen molar-refractivity contribution in [3.63, 3.8) is 0 Å². The first-order valence-corrected chi connectivity index (χ1v) is 4.54. The van der Waals surface area contributed by atoms with E-state index in [4.69, 9.17) is 15.5 Å². The van der Waals surface area contributed by atoms with Gasteiger partial charge in [0.2, 0.25) is 0 Å². The summed E-state index contributed by atoms with van der Waals surface area (Å²) in [6.07, 6.45) is -2.30. The van der Waals surface area contributed by atoms with Gasteiger partial charge in [-0.2, -0.15) is 5.26 Å². The molecular formula is C5H9O6P. The van der Waals surface area contributed by atoms with Crippen LogP contribution in [0.25, 0.3) is 0 Å². The van der Waals surface area contributed by atoms with E-state index >= 15 is 0 Å². The number of carbonyl (C=O) groups is 1. The van der Waals surface area contributed by atoms with Crippen molar-refractivity contribution in [2.75, 3.05) is 6.35 Å². The first kappa shape index (κ1) is 11.5. The summed E-state index contributed by atoms with van der Waals surface area (Å²) in [5.41, 5.74) is 0. The third-order valence-corrected chi connectivity index (χ3v) is 1.93. The van der Waals surface area contributed by atoms with Crippen LogP contribution in [0.4, 0.5) is 0 Å². The number of aliphatic hydroxyl groups is 2. The first-order chi connectivity index (χ1) is 5.61. The van der Waals surface area contributed by atoms with Gasteiger partial charge in [0.1, 0.15) is 0 Å². The minimum absolute atomic E-state index is 0.227.